The second kappa shape index (κ2) is 7.91. The molecule has 0 bridgehead atoms. The number of hydrogen-bond donors (Lipinski definition) is 0. The number of hydrogen-bond acceptors (Lipinski definition) is 5. The smallest absolute Gasteiger partial charge is 0.342 e. The van der Waals surface area contributed by atoms with E-state index in [0.717, 1.165) is 5.56 Å². The Bertz CT molecular complexity index is 818. The van der Waals surface area contributed by atoms with Gasteiger partial charge < -0.3 is 19.1 Å². The third-order valence-electron chi connectivity index (χ3n) is 4.01. The Morgan fingerprint density at radius 3 is 2.81 bits per heavy atom. The summed E-state index contributed by atoms with van der Waals surface area (Å²) in [4.78, 5) is 26.5. The Morgan fingerprint density at radius 1 is 1.19 bits per heavy atom. The Kier molecular flexibility index (Phi) is 5.41. The number of ether oxygens (including phenoxy) is 3. The maximum Gasteiger partial charge on any atom is 0.342 e. The molecule has 0 atom stereocenters. The molecule has 3 rings (SSSR count). The fourth-order valence-electron chi connectivity index (χ4n) is 2.79. The standard InChI is InChI=1S/C20H21NO5/c1-3-24-17-7-5-4-6-15(17)20(23)26-13-19(22)21-10-11-25-18-9-8-14(2)12-16(18)21/h4-9,12H,3,10-11,13H2,1-2H3. The Balaban J connectivity index is 1.69. The summed E-state index contributed by atoms with van der Waals surface area (Å²) in [6.07, 6.45) is 0. The molecular formula is C20H21NO5. The number of nitrogens with zero attached hydrogens (tertiary/aromatic N) is 1. The molecule has 1 heterocycles. The first-order valence-electron chi connectivity index (χ1n) is 8.53. The highest BCUT2D eigenvalue weighted by Crippen LogP contribution is 2.32. The molecule has 0 N–H and O–H groups in total. The van der Waals surface area contributed by atoms with Crippen molar-refractivity contribution in [2.24, 2.45) is 0 Å². The predicted octanol–water partition coefficient (Wildman–Crippen LogP) is 2.98. The molecule has 2 aromatic rings. The third-order valence-corrected chi connectivity index (χ3v) is 4.01. The van der Waals surface area contributed by atoms with Gasteiger partial charge in [-0.25, -0.2) is 4.79 Å². The second-order valence-electron chi connectivity index (χ2n) is 5.87. The van der Waals surface area contributed by atoms with Gasteiger partial charge in [-0.05, 0) is 43.7 Å². The molecule has 0 aromatic heterocycles. The lowest BCUT2D eigenvalue weighted by atomic mass is 10.1. The second-order valence-corrected chi connectivity index (χ2v) is 5.87. The molecule has 0 saturated carbocycles. The van der Waals surface area contributed by atoms with Crippen LogP contribution < -0.4 is 14.4 Å². The van der Waals surface area contributed by atoms with Gasteiger partial charge in [0.1, 0.15) is 23.7 Å². The van der Waals surface area contributed by atoms with E-state index in [2.05, 4.69) is 0 Å². The summed E-state index contributed by atoms with van der Waals surface area (Å²) in [5.74, 6) is 0.227. The van der Waals surface area contributed by atoms with Gasteiger partial charge >= 0.3 is 5.97 Å². The first kappa shape index (κ1) is 17.8. The van der Waals surface area contributed by atoms with Crippen molar-refractivity contribution in [2.45, 2.75) is 13.8 Å². The van der Waals surface area contributed by atoms with Crippen LogP contribution in [0.2, 0.25) is 0 Å². The maximum atomic E-state index is 12.6. The number of benzene rings is 2. The Hall–Kier alpha value is -3.02. The molecule has 0 fully saturated rings. The van der Waals surface area contributed by atoms with Crippen LogP contribution in [0.5, 0.6) is 11.5 Å². The molecule has 1 aliphatic heterocycles. The highest BCUT2D eigenvalue weighted by atomic mass is 16.5. The molecule has 0 aliphatic carbocycles. The van der Waals surface area contributed by atoms with Gasteiger partial charge in [-0.2, -0.15) is 0 Å². The summed E-state index contributed by atoms with van der Waals surface area (Å²) in [6, 6.07) is 12.5. The van der Waals surface area contributed by atoms with E-state index in [-0.39, 0.29) is 12.5 Å². The van der Waals surface area contributed by atoms with E-state index in [1.165, 1.54) is 0 Å². The van der Waals surface area contributed by atoms with Crippen LogP contribution in [0.3, 0.4) is 0 Å². The molecule has 1 aliphatic rings. The zero-order chi connectivity index (χ0) is 18.5. The van der Waals surface area contributed by atoms with Crippen LogP contribution >= 0.6 is 0 Å². The number of carbonyl (C=O) groups is 2. The van der Waals surface area contributed by atoms with Crippen molar-refractivity contribution in [3.8, 4) is 11.5 Å². The normalized spacial score (nSPS) is 12.8. The monoisotopic (exact) mass is 355 g/mol. The summed E-state index contributed by atoms with van der Waals surface area (Å²) in [7, 11) is 0. The molecule has 0 saturated heterocycles. The number of fused-ring (bicyclic) bond motifs is 1. The number of carbonyl (C=O) groups excluding carboxylic acids is 2. The number of rotatable bonds is 5. The van der Waals surface area contributed by atoms with Crippen molar-refractivity contribution in [1.29, 1.82) is 0 Å². The minimum absolute atomic E-state index is 0.289. The van der Waals surface area contributed by atoms with Gasteiger partial charge in [0.2, 0.25) is 0 Å². The number of aryl methyl sites for hydroxylation is 1. The van der Waals surface area contributed by atoms with Crippen molar-refractivity contribution in [3.05, 3.63) is 53.6 Å². The largest absolute Gasteiger partial charge is 0.493 e. The van der Waals surface area contributed by atoms with Crippen LogP contribution in [0.1, 0.15) is 22.8 Å². The first-order valence-corrected chi connectivity index (χ1v) is 8.53. The molecule has 2 aromatic carbocycles. The van der Waals surface area contributed by atoms with E-state index in [1.54, 1.807) is 29.2 Å². The van der Waals surface area contributed by atoms with Gasteiger partial charge in [-0.15, -0.1) is 0 Å². The van der Waals surface area contributed by atoms with Crippen molar-refractivity contribution in [1.82, 2.24) is 0 Å². The molecule has 136 valence electrons. The summed E-state index contributed by atoms with van der Waals surface area (Å²) in [5.41, 5.74) is 2.03. The van der Waals surface area contributed by atoms with Gasteiger partial charge in [0.05, 0.1) is 18.8 Å². The van der Waals surface area contributed by atoms with Crippen LogP contribution in [0, 0.1) is 6.92 Å². The van der Waals surface area contributed by atoms with E-state index in [9.17, 15) is 9.59 Å². The van der Waals surface area contributed by atoms with Crippen LogP contribution in [-0.2, 0) is 9.53 Å². The molecule has 26 heavy (non-hydrogen) atoms. The molecule has 0 spiro atoms. The van der Waals surface area contributed by atoms with E-state index in [4.69, 9.17) is 14.2 Å². The molecule has 0 unspecified atom stereocenters. The number of anilines is 1. The predicted molar refractivity (Wildman–Crippen MR) is 96.9 cm³/mol. The van der Waals surface area contributed by atoms with Crippen LogP contribution in [-0.4, -0.2) is 38.2 Å². The number of amides is 1. The molecule has 0 radical (unpaired) electrons. The van der Waals surface area contributed by atoms with E-state index >= 15 is 0 Å². The number of para-hydroxylation sites is 1. The van der Waals surface area contributed by atoms with E-state index < -0.39 is 5.97 Å². The fraction of sp³-hybridized carbons (Fsp3) is 0.300. The third kappa shape index (κ3) is 3.79. The average molecular weight is 355 g/mol. The molecule has 1 amide bonds. The quantitative estimate of drug-likeness (QED) is 0.772. The van der Waals surface area contributed by atoms with Crippen molar-refractivity contribution >= 4 is 17.6 Å². The zero-order valence-corrected chi connectivity index (χ0v) is 14.9. The average Bonchev–Trinajstić information content (AvgIpc) is 2.66. The SMILES string of the molecule is CCOc1ccccc1C(=O)OCC(=O)N1CCOc2ccc(C)cc21. The van der Waals surface area contributed by atoms with Gasteiger partial charge in [0.15, 0.2) is 6.61 Å². The molecule has 6 heteroatoms. The van der Waals surface area contributed by atoms with Crippen molar-refractivity contribution < 1.29 is 23.8 Å². The highest BCUT2D eigenvalue weighted by Gasteiger charge is 2.25. The van der Waals surface area contributed by atoms with Crippen LogP contribution in [0.15, 0.2) is 42.5 Å². The molecular weight excluding hydrogens is 334 g/mol. The summed E-state index contributed by atoms with van der Waals surface area (Å²) in [5, 5.41) is 0. The molecule has 6 nitrogen and oxygen atoms in total. The lowest BCUT2D eigenvalue weighted by Gasteiger charge is -2.29. The lowest BCUT2D eigenvalue weighted by molar-refractivity contribution is -0.121. The van der Waals surface area contributed by atoms with Crippen molar-refractivity contribution in [2.75, 3.05) is 31.3 Å². The Labute approximate surface area is 152 Å². The zero-order valence-electron chi connectivity index (χ0n) is 14.9. The van der Waals surface area contributed by atoms with Gasteiger partial charge in [0, 0.05) is 0 Å². The summed E-state index contributed by atoms with van der Waals surface area (Å²) >= 11 is 0. The topological polar surface area (TPSA) is 65.1 Å². The fourth-order valence-corrected chi connectivity index (χ4v) is 2.79. The summed E-state index contributed by atoms with van der Waals surface area (Å²) in [6.45, 7) is 4.71. The van der Waals surface area contributed by atoms with Gasteiger partial charge in [-0.3, -0.25) is 4.79 Å². The first-order chi connectivity index (χ1) is 12.6. The Morgan fingerprint density at radius 2 is 2.00 bits per heavy atom. The number of esters is 1. The van der Waals surface area contributed by atoms with E-state index in [0.29, 0.717) is 42.5 Å². The van der Waals surface area contributed by atoms with Crippen LogP contribution in [0.4, 0.5) is 5.69 Å². The lowest BCUT2D eigenvalue weighted by Crippen LogP contribution is -2.40. The van der Waals surface area contributed by atoms with Gasteiger partial charge in [-0.1, -0.05) is 18.2 Å². The minimum Gasteiger partial charge on any atom is -0.493 e. The highest BCUT2D eigenvalue weighted by molar-refractivity contribution is 5.99. The van der Waals surface area contributed by atoms with E-state index in [1.807, 2.05) is 32.0 Å². The van der Waals surface area contributed by atoms with Crippen LogP contribution in [0.25, 0.3) is 0 Å². The summed E-state index contributed by atoms with van der Waals surface area (Å²) < 4.78 is 16.2. The van der Waals surface area contributed by atoms with Crippen molar-refractivity contribution in [3.63, 3.8) is 0 Å². The van der Waals surface area contributed by atoms with Gasteiger partial charge in [0.25, 0.3) is 5.91 Å². The minimum atomic E-state index is -0.583. The maximum absolute atomic E-state index is 12.6.